The van der Waals surface area contributed by atoms with Gasteiger partial charge < -0.3 is 16.4 Å². The summed E-state index contributed by atoms with van der Waals surface area (Å²) in [5.74, 6) is 0.865. The number of hydrogen-bond acceptors (Lipinski definition) is 6. The van der Waals surface area contributed by atoms with Crippen molar-refractivity contribution in [3.05, 3.63) is 34.5 Å². The van der Waals surface area contributed by atoms with E-state index >= 15 is 0 Å². The van der Waals surface area contributed by atoms with E-state index in [-0.39, 0.29) is 11.7 Å². The van der Waals surface area contributed by atoms with Crippen LogP contribution in [-0.2, 0) is 16.6 Å². The van der Waals surface area contributed by atoms with Crippen molar-refractivity contribution in [2.24, 2.45) is 0 Å². The van der Waals surface area contributed by atoms with Crippen LogP contribution in [0.5, 0.6) is 0 Å². The molecule has 4 rings (SSSR count). The molecule has 1 aromatic carbocycles. The fourth-order valence-electron chi connectivity index (χ4n) is 3.38. The van der Waals surface area contributed by atoms with E-state index in [1.54, 1.807) is 24.6 Å². The molecule has 0 bridgehead atoms. The molecule has 9 heteroatoms. The summed E-state index contributed by atoms with van der Waals surface area (Å²) in [6, 6.07) is 5.56. The minimum absolute atomic E-state index is 0.150. The molecule has 2 aromatic heterocycles. The maximum Gasteiger partial charge on any atom is 0.255 e. The quantitative estimate of drug-likeness (QED) is 0.633. The van der Waals surface area contributed by atoms with Crippen molar-refractivity contribution in [1.82, 2.24) is 25.1 Å². The number of nitrogens with two attached hydrogens (primary N) is 1. The largest absolute Gasteiger partial charge is 0.383 e. The van der Waals surface area contributed by atoms with Gasteiger partial charge in [0, 0.05) is 23.4 Å². The lowest BCUT2D eigenvalue weighted by molar-refractivity contribution is -0.119. The maximum absolute atomic E-state index is 12.2. The minimum Gasteiger partial charge on any atom is -0.383 e. The topological polar surface area (TPSA) is 111 Å². The number of amides is 1. The van der Waals surface area contributed by atoms with E-state index in [2.05, 4.69) is 25.7 Å². The van der Waals surface area contributed by atoms with E-state index in [9.17, 15) is 4.79 Å². The van der Waals surface area contributed by atoms with Crippen LogP contribution >= 0.6 is 11.6 Å². The number of hydrogen-bond donors (Lipinski definition) is 3. The van der Waals surface area contributed by atoms with Crippen LogP contribution in [0.1, 0.15) is 25.1 Å². The molecule has 3 aromatic rings. The molecule has 8 nitrogen and oxygen atoms in total. The number of halogens is 1. The van der Waals surface area contributed by atoms with E-state index < -0.39 is 5.41 Å². The Morgan fingerprint density at radius 2 is 2.11 bits per heavy atom. The lowest BCUT2D eigenvalue weighted by atomic mass is 9.87. The predicted octanol–water partition coefficient (Wildman–Crippen LogP) is 2.04. The van der Waals surface area contributed by atoms with E-state index in [1.165, 1.54) is 0 Å². The molecule has 0 saturated heterocycles. The van der Waals surface area contributed by atoms with Gasteiger partial charge in [-0.1, -0.05) is 11.6 Å². The van der Waals surface area contributed by atoms with Crippen LogP contribution in [0, 0.1) is 0 Å². The number of likely N-dealkylation sites (N-methyl/N-ethyl adjacent to an activating group) is 1. The van der Waals surface area contributed by atoms with Crippen molar-refractivity contribution >= 4 is 40.0 Å². The van der Waals surface area contributed by atoms with Crippen LogP contribution in [0.15, 0.2) is 18.2 Å². The number of carbonyl (C=O) groups excluding carboxylic acids is 1. The highest BCUT2D eigenvalue weighted by Gasteiger charge is 2.42. The van der Waals surface area contributed by atoms with Crippen LogP contribution in [-0.4, -0.2) is 39.2 Å². The van der Waals surface area contributed by atoms with Gasteiger partial charge in [-0.2, -0.15) is 19.7 Å². The summed E-state index contributed by atoms with van der Waals surface area (Å²) in [4.78, 5) is 21.2. The molecule has 1 amide bonds. The Bertz CT molecular complexity index is 1070. The number of rotatable bonds is 4. The third kappa shape index (κ3) is 2.72. The van der Waals surface area contributed by atoms with Gasteiger partial charge in [-0.15, -0.1) is 0 Å². The van der Waals surface area contributed by atoms with Crippen molar-refractivity contribution in [3.8, 4) is 5.95 Å². The molecule has 27 heavy (non-hydrogen) atoms. The summed E-state index contributed by atoms with van der Waals surface area (Å²) in [5, 5.41) is 12.2. The van der Waals surface area contributed by atoms with Crippen molar-refractivity contribution < 1.29 is 4.79 Å². The average molecular weight is 386 g/mol. The lowest BCUT2D eigenvalue weighted by Crippen LogP contribution is -2.27. The first-order valence-corrected chi connectivity index (χ1v) is 9.02. The molecule has 0 radical (unpaired) electrons. The normalized spacial score (nSPS) is 15.2. The highest BCUT2D eigenvalue weighted by atomic mass is 35.5. The van der Waals surface area contributed by atoms with E-state index in [0.717, 1.165) is 29.6 Å². The highest BCUT2D eigenvalue weighted by molar-refractivity contribution is 6.31. The van der Waals surface area contributed by atoms with Gasteiger partial charge in [-0.25, -0.2) is 0 Å². The van der Waals surface area contributed by atoms with Crippen LogP contribution in [0.4, 0.5) is 11.6 Å². The Labute approximate surface area is 161 Å². The molecular formula is C18H20ClN7O. The maximum atomic E-state index is 12.2. The zero-order valence-electron chi connectivity index (χ0n) is 15.3. The number of anilines is 2. The molecule has 140 valence electrons. The van der Waals surface area contributed by atoms with E-state index in [4.69, 9.17) is 17.3 Å². The van der Waals surface area contributed by atoms with Crippen LogP contribution in [0.25, 0.3) is 16.9 Å². The predicted molar refractivity (Wildman–Crippen MR) is 105 cm³/mol. The summed E-state index contributed by atoms with van der Waals surface area (Å²) in [6.45, 7) is 4.37. The van der Waals surface area contributed by atoms with E-state index in [1.807, 2.05) is 19.2 Å². The molecule has 0 fully saturated rings. The molecule has 0 aliphatic carbocycles. The van der Waals surface area contributed by atoms with Gasteiger partial charge in [-0.3, -0.25) is 4.79 Å². The molecule has 1 aliphatic rings. The Kier molecular flexibility index (Phi) is 4.05. The number of carbonyl (C=O) groups is 1. The zero-order chi connectivity index (χ0) is 19.3. The molecule has 0 unspecified atom stereocenters. The third-order valence-corrected chi connectivity index (χ3v) is 5.10. The molecule has 0 spiro atoms. The number of benzene rings is 1. The SMILES string of the molecule is CNCCc1nn(-c2nc(N)c3c(n2)NC(=O)C3(C)C)c2ccc(Cl)cc12. The van der Waals surface area contributed by atoms with Gasteiger partial charge >= 0.3 is 0 Å². The van der Waals surface area contributed by atoms with Gasteiger partial charge in [0.05, 0.1) is 22.2 Å². The molecule has 3 heterocycles. The third-order valence-electron chi connectivity index (χ3n) is 4.87. The Balaban J connectivity index is 1.90. The smallest absolute Gasteiger partial charge is 0.255 e. The zero-order valence-corrected chi connectivity index (χ0v) is 16.1. The minimum atomic E-state index is -0.768. The number of aromatic nitrogens is 4. The van der Waals surface area contributed by atoms with Gasteiger partial charge in [-0.05, 0) is 39.1 Å². The average Bonchev–Trinajstić information content (AvgIpc) is 3.07. The van der Waals surface area contributed by atoms with Crippen molar-refractivity contribution in [3.63, 3.8) is 0 Å². The van der Waals surface area contributed by atoms with Gasteiger partial charge in [0.25, 0.3) is 5.95 Å². The number of nitrogen functional groups attached to an aromatic ring is 1. The first-order chi connectivity index (χ1) is 12.8. The van der Waals surface area contributed by atoms with Crippen LogP contribution in [0.2, 0.25) is 5.02 Å². The summed E-state index contributed by atoms with van der Waals surface area (Å²) in [5.41, 5.74) is 7.75. The Hall–Kier alpha value is -2.71. The summed E-state index contributed by atoms with van der Waals surface area (Å²) in [6.07, 6.45) is 0.727. The fourth-order valence-corrected chi connectivity index (χ4v) is 3.55. The molecule has 4 N–H and O–H groups in total. The first kappa shape index (κ1) is 17.7. The monoisotopic (exact) mass is 385 g/mol. The van der Waals surface area contributed by atoms with Crippen molar-refractivity contribution in [2.75, 3.05) is 24.6 Å². The van der Waals surface area contributed by atoms with Crippen molar-refractivity contribution in [1.29, 1.82) is 0 Å². The van der Waals surface area contributed by atoms with Gasteiger partial charge in [0.15, 0.2) is 0 Å². The number of nitrogens with one attached hydrogen (secondary N) is 2. The first-order valence-electron chi connectivity index (χ1n) is 8.64. The fraction of sp³-hybridized carbons (Fsp3) is 0.333. The lowest BCUT2D eigenvalue weighted by Gasteiger charge is -2.16. The Morgan fingerprint density at radius 1 is 1.33 bits per heavy atom. The van der Waals surface area contributed by atoms with Gasteiger partial charge in [0.1, 0.15) is 11.6 Å². The van der Waals surface area contributed by atoms with Crippen LogP contribution < -0.4 is 16.4 Å². The highest BCUT2D eigenvalue weighted by Crippen LogP contribution is 2.39. The number of fused-ring (bicyclic) bond motifs is 2. The van der Waals surface area contributed by atoms with Gasteiger partial charge in [0.2, 0.25) is 5.91 Å². The summed E-state index contributed by atoms with van der Waals surface area (Å²) >= 11 is 6.18. The molecule has 0 atom stereocenters. The number of nitrogens with zero attached hydrogens (tertiary/aromatic N) is 4. The second-order valence-electron chi connectivity index (χ2n) is 7.09. The molecule has 0 saturated carbocycles. The van der Waals surface area contributed by atoms with E-state index in [0.29, 0.717) is 22.4 Å². The second kappa shape index (κ2) is 6.17. The Morgan fingerprint density at radius 3 is 2.85 bits per heavy atom. The second-order valence-corrected chi connectivity index (χ2v) is 7.52. The molecular weight excluding hydrogens is 366 g/mol. The summed E-state index contributed by atoms with van der Waals surface area (Å²) in [7, 11) is 1.89. The molecule has 1 aliphatic heterocycles. The van der Waals surface area contributed by atoms with Crippen molar-refractivity contribution in [2.45, 2.75) is 25.7 Å². The van der Waals surface area contributed by atoms with Crippen LogP contribution in [0.3, 0.4) is 0 Å². The summed E-state index contributed by atoms with van der Waals surface area (Å²) < 4.78 is 1.64. The standard InChI is InChI=1S/C18H20ClN7O/c1-18(2)13-14(20)22-17(24-15(13)23-16(18)27)26-12-5-4-9(19)8-10(12)11(25-26)6-7-21-3/h4-5,8,21H,6-7H2,1-3H3,(H3,20,22,23,24,27).